The number of fused-ring (bicyclic) bond motifs is 5. The molecule has 31 heavy (non-hydrogen) atoms. The van der Waals surface area contributed by atoms with Gasteiger partial charge in [0.25, 0.3) is 0 Å². The van der Waals surface area contributed by atoms with Crippen LogP contribution in [0.3, 0.4) is 0 Å². The minimum Gasteiger partial charge on any atom is -0.507 e. The first-order valence-electron chi connectivity index (χ1n) is 10.6. The Morgan fingerprint density at radius 3 is 2.29 bits per heavy atom. The van der Waals surface area contributed by atoms with Gasteiger partial charge in [-0.15, -0.1) is 0 Å². The number of aromatic hydroxyl groups is 1. The minimum absolute atomic E-state index is 0.0876. The number of imide groups is 2. The standard InChI is InChI=1S/C24H20N2O5/c27-20-11-4-2-1-3-10(11)5-6-13(20)17-12-7-8-14-18(23(30)25-21(14)28)15(12)9-16-19(17)24(31)26-22(16)29/h1-7,14-19,27H,8-9H2,(H,25,28,30)(H,26,29,31). The lowest BCUT2D eigenvalue weighted by Crippen LogP contribution is -2.42. The number of benzene rings is 2. The molecule has 0 spiro atoms. The van der Waals surface area contributed by atoms with Crippen LogP contribution in [0.2, 0.25) is 0 Å². The van der Waals surface area contributed by atoms with Crippen LogP contribution in [0.1, 0.15) is 24.3 Å². The van der Waals surface area contributed by atoms with Gasteiger partial charge in [0.2, 0.25) is 23.6 Å². The van der Waals surface area contributed by atoms with E-state index in [1.54, 1.807) is 0 Å². The molecule has 4 amide bonds. The Hall–Kier alpha value is -3.48. The zero-order valence-corrected chi connectivity index (χ0v) is 16.5. The molecule has 0 radical (unpaired) electrons. The third-order valence-electron chi connectivity index (χ3n) is 7.60. The first-order valence-corrected chi connectivity index (χ1v) is 10.6. The van der Waals surface area contributed by atoms with E-state index in [9.17, 15) is 24.3 Å². The number of hydrogen-bond donors (Lipinski definition) is 3. The van der Waals surface area contributed by atoms with Gasteiger partial charge in [-0.2, -0.15) is 0 Å². The largest absolute Gasteiger partial charge is 0.507 e. The summed E-state index contributed by atoms with van der Waals surface area (Å²) >= 11 is 0. The Bertz CT molecular complexity index is 1230. The lowest BCUT2D eigenvalue weighted by Gasteiger charge is -2.44. The van der Waals surface area contributed by atoms with E-state index in [4.69, 9.17) is 0 Å². The number of hydrogen-bond acceptors (Lipinski definition) is 5. The van der Waals surface area contributed by atoms with Crippen LogP contribution in [0.4, 0.5) is 0 Å². The van der Waals surface area contributed by atoms with Gasteiger partial charge in [0.15, 0.2) is 0 Å². The maximum absolute atomic E-state index is 12.8. The summed E-state index contributed by atoms with van der Waals surface area (Å²) in [6.07, 6.45) is 2.71. The summed E-state index contributed by atoms with van der Waals surface area (Å²) in [4.78, 5) is 50.3. The summed E-state index contributed by atoms with van der Waals surface area (Å²) in [6.45, 7) is 0. The highest BCUT2D eigenvalue weighted by atomic mass is 16.3. The van der Waals surface area contributed by atoms with Crippen molar-refractivity contribution >= 4 is 34.4 Å². The van der Waals surface area contributed by atoms with Crippen molar-refractivity contribution in [2.75, 3.05) is 0 Å². The minimum atomic E-state index is -0.640. The van der Waals surface area contributed by atoms with Crippen LogP contribution in [-0.2, 0) is 19.2 Å². The molecule has 6 atom stereocenters. The van der Waals surface area contributed by atoms with Gasteiger partial charge in [-0.1, -0.05) is 48.0 Å². The van der Waals surface area contributed by atoms with E-state index in [0.29, 0.717) is 23.8 Å². The van der Waals surface area contributed by atoms with E-state index in [-0.39, 0.29) is 35.3 Å². The SMILES string of the molecule is O=C1NC(=O)C2C1CC=C1C2CC2C(=O)NC(=O)C2C1c1ccc2ccccc2c1O. The molecule has 0 bridgehead atoms. The predicted octanol–water partition coefficient (Wildman–Crippen LogP) is 1.76. The normalized spacial score (nSPS) is 34.0. The molecule has 2 aliphatic carbocycles. The van der Waals surface area contributed by atoms with Crippen molar-refractivity contribution in [3.8, 4) is 5.75 Å². The van der Waals surface area contributed by atoms with Crippen molar-refractivity contribution in [3.05, 3.63) is 53.6 Å². The number of allylic oxidation sites excluding steroid dienone is 2. The fourth-order valence-corrected chi connectivity index (χ4v) is 6.28. The van der Waals surface area contributed by atoms with Gasteiger partial charge in [0.1, 0.15) is 5.75 Å². The number of amides is 4. The molecule has 7 nitrogen and oxygen atoms in total. The monoisotopic (exact) mass is 416 g/mol. The molecule has 4 aliphatic rings. The molecule has 6 unspecified atom stereocenters. The summed E-state index contributed by atoms with van der Waals surface area (Å²) in [6, 6.07) is 11.1. The van der Waals surface area contributed by atoms with E-state index in [0.717, 1.165) is 11.0 Å². The Labute approximate surface area is 177 Å². The Kier molecular flexibility index (Phi) is 3.70. The number of phenols is 1. The lowest BCUT2D eigenvalue weighted by molar-refractivity contribution is -0.128. The van der Waals surface area contributed by atoms with Crippen molar-refractivity contribution in [2.24, 2.45) is 29.6 Å². The highest BCUT2D eigenvalue weighted by molar-refractivity contribution is 6.08. The average Bonchev–Trinajstić information content (AvgIpc) is 3.22. The lowest BCUT2D eigenvalue weighted by atomic mass is 9.57. The van der Waals surface area contributed by atoms with Crippen LogP contribution in [0, 0.1) is 29.6 Å². The molecule has 2 saturated heterocycles. The van der Waals surface area contributed by atoms with E-state index in [2.05, 4.69) is 10.6 Å². The first-order chi connectivity index (χ1) is 15.0. The molecule has 2 aliphatic heterocycles. The van der Waals surface area contributed by atoms with Crippen molar-refractivity contribution in [3.63, 3.8) is 0 Å². The first kappa shape index (κ1) is 18.3. The van der Waals surface area contributed by atoms with Crippen LogP contribution in [0.25, 0.3) is 10.8 Å². The quantitative estimate of drug-likeness (QED) is 0.484. The van der Waals surface area contributed by atoms with E-state index in [1.165, 1.54) is 0 Å². The summed E-state index contributed by atoms with van der Waals surface area (Å²) in [5.74, 6) is -4.24. The average molecular weight is 416 g/mol. The Balaban J connectivity index is 1.55. The van der Waals surface area contributed by atoms with Crippen LogP contribution < -0.4 is 10.6 Å². The Morgan fingerprint density at radius 2 is 1.48 bits per heavy atom. The topological polar surface area (TPSA) is 113 Å². The van der Waals surface area contributed by atoms with Crippen molar-refractivity contribution < 1.29 is 24.3 Å². The molecule has 0 aromatic heterocycles. The van der Waals surface area contributed by atoms with Crippen molar-refractivity contribution in [2.45, 2.75) is 18.8 Å². The maximum atomic E-state index is 12.8. The van der Waals surface area contributed by atoms with Crippen molar-refractivity contribution in [1.29, 1.82) is 0 Å². The van der Waals surface area contributed by atoms with Crippen LogP contribution >= 0.6 is 0 Å². The number of carbonyl (C=O) groups is 4. The van der Waals surface area contributed by atoms with Crippen LogP contribution in [-0.4, -0.2) is 28.7 Å². The zero-order chi connectivity index (χ0) is 21.4. The molecule has 3 fully saturated rings. The predicted molar refractivity (Wildman–Crippen MR) is 109 cm³/mol. The smallest absolute Gasteiger partial charge is 0.231 e. The molecule has 2 aromatic carbocycles. The van der Waals surface area contributed by atoms with Gasteiger partial charge in [0, 0.05) is 16.9 Å². The van der Waals surface area contributed by atoms with Gasteiger partial charge in [-0.05, 0) is 24.1 Å². The molecular formula is C24H20N2O5. The number of phenolic OH excluding ortho intramolecular Hbond substituents is 1. The highest BCUT2D eigenvalue weighted by Crippen LogP contribution is 2.57. The third-order valence-corrected chi connectivity index (χ3v) is 7.60. The van der Waals surface area contributed by atoms with Gasteiger partial charge < -0.3 is 5.11 Å². The Morgan fingerprint density at radius 1 is 0.774 bits per heavy atom. The van der Waals surface area contributed by atoms with Gasteiger partial charge in [0.05, 0.1) is 23.7 Å². The van der Waals surface area contributed by atoms with Crippen LogP contribution in [0.5, 0.6) is 5.75 Å². The number of carbonyl (C=O) groups excluding carboxylic acids is 4. The van der Waals surface area contributed by atoms with Gasteiger partial charge >= 0.3 is 0 Å². The summed E-state index contributed by atoms with van der Waals surface area (Å²) in [5.41, 5.74) is 1.46. The number of rotatable bonds is 1. The molecule has 156 valence electrons. The second kappa shape index (κ2) is 6.26. The summed E-state index contributed by atoms with van der Waals surface area (Å²) in [5, 5.41) is 17.6. The second-order valence-electron chi connectivity index (χ2n) is 8.96. The fourth-order valence-electron chi connectivity index (χ4n) is 6.28. The maximum Gasteiger partial charge on any atom is 0.231 e. The van der Waals surface area contributed by atoms with Gasteiger partial charge in [-0.3, -0.25) is 29.8 Å². The second-order valence-corrected chi connectivity index (χ2v) is 8.96. The fraction of sp³-hybridized carbons (Fsp3) is 0.333. The molecule has 6 rings (SSSR count). The zero-order valence-electron chi connectivity index (χ0n) is 16.5. The molecule has 3 N–H and O–H groups in total. The highest BCUT2D eigenvalue weighted by Gasteiger charge is 2.59. The number of nitrogens with one attached hydrogen (secondary N) is 2. The van der Waals surface area contributed by atoms with Crippen LogP contribution in [0.15, 0.2) is 48.0 Å². The van der Waals surface area contributed by atoms with E-state index < -0.39 is 29.6 Å². The third kappa shape index (κ3) is 2.40. The molecule has 2 aromatic rings. The van der Waals surface area contributed by atoms with Gasteiger partial charge in [-0.25, -0.2) is 0 Å². The summed E-state index contributed by atoms with van der Waals surface area (Å²) in [7, 11) is 0. The van der Waals surface area contributed by atoms with E-state index in [1.807, 2.05) is 42.5 Å². The molecular weight excluding hydrogens is 396 g/mol. The molecule has 7 heteroatoms. The molecule has 2 heterocycles. The molecule has 1 saturated carbocycles. The summed E-state index contributed by atoms with van der Waals surface area (Å²) < 4.78 is 0. The van der Waals surface area contributed by atoms with Crippen molar-refractivity contribution in [1.82, 2.24) is 10.6 Å². The van der Waals surface area contributed by atoms with E-state index >= 15 is 0 Å².